The van der Waals surface area contributed by atoms with E-state index < -0.39 is 5.54 Å². The van der Waals surface area contributed by atoms with Gasteiger partial charge in [0.25, 0.3) is 0 Å². The first-order valence-corrected chi connectivity index (χ1v) is 6.97. The van der Waals surface area contributed by atoms with Crippen LogP contribution in [0.4, 0.5) is 0 Å². The van der Waals surface area contributed by atoms with Crippen molar-refractivity contribution in [1.82, 2.24) is 10.2 Å². The predicted molar refractivity (Wildman–Crippen MR) is 73.7 cm³/mol. The summed E-state index contributed by atoms with van der Waals surface area (Å²) in [4.78, 5) is 26.5. The third kappa shape index (κ3) is 3.47. The number of carbonyl (C=O) groups is 2. The van der Waals surface area contributed by atoms with Gasteiger partial charge in [-0.25, -0.2) is 0 Å². The fourth-order valence-corrected chi connectivity index (χ4v) is 2.47. The Morgan fingerprint density at radius 2 is 2.05 bits per heavy atom. The Bertz CT molecular complexity index is 342. The van der Waals surface area contributed by atoms with Gasteiger partial charge in [0.1, 0.15) is 11.6 Å². The Labute approximate surface area is 115 Å². The van der Waals surface area contributed by atoms with Crippen LogP contribution in [-0.4, -0.2) is 48.6 Å². The molecule has 1 aliphatic heterocycles. The van der Waals surface area contributed by atoms with Crippen molar-refractivity contribution in [3.05, 3.63) is 0 Å². The molecule has 2 amide bonds. The summed E-state index contributed by atoms with van der Waals surface area (Å²) in [6, 6.07) is -0.359. The first-order valence-electron chi connectivity index (χ1n) is 6.97. The van der Waals surface area contributed by atoms with E-state index in [4.69, 9.17) is 4.74 Å². The van der Waals surface area contributed by atoms with Crippen molar-refractivity contribution < 1.29 is 14.3 Å². The van der Waals surface area contributed by atoms with Gasteiger partial charge in [0.15, 0.2) is 0 Å². The molecule has 1 heterocycles. The van der Waals surface area contributed by atoms with E-state index in [9.17, 15) is 9.59 Å². The summed E-state index contributed by atoms with van der Waals surface area (Å²) in [6.07, 6.45) is 1.62. The number of hydrogen-bond acceptors (Lipinski definition) is 3. The first-order chi connectivity index (χ1) is 8.85. The monoisotopic (exact) mass is 270 g/mol. The third-order valence-electron chi connectivity index (χ3n) is 3.77. The maximum atomic E-state index is 12.5. The molecule has 0 aromatic heterocycles. The van der Waals surface area contributed by atoms with Crippen LogP contribution in [0.2, 0.25) is 0 Å². The number of piperazine rings is 1. The minimum absolute atomic E-state index is 0.00602. The van der Waals surface area contributed by atoms with Crippen molar-refractivity contribution in [3.63, 3.8) is 0 Å². The van der Waals surface area contributed by atoms with Crippen molar-refractivity contribution in [1.29, 1.82) is 0 Å². The van der Waals surface area contributed by atoms with Gasteiger partial charge in [-0.1, -0.05) is 20.3 Å². The molecule has 5 nitrogen and oxygen atoms in total. The van der Waals surface area contributed by atoms with Gasteiger partial charge in [-0.15, -0.1) is 0 Å². The molecule has 0 spiro atoms. The fourth-order valence-electron chi connectivity index (χ4n) is 2.47. The van der Waals surface area contributed by atoms with Crippen LogP contribution in [0.25, 0.3) is 0 Å². The number of ether oxygens (including phenoxy) is 1. The SMILES string of the molecule is CCC(C)C1C(=O)NC(C)(C)C(=O)N1CCCOC. The molecule has 1 saturated heterocycles. The largest absolute Gasteiger partial charge is 0.385 e. The van der Waals surface area contributed by atoms with Crippen LogP contribution in [0.3, 0.4) is 0 Å². The first kappa shape index (κ1) is 16.0. The van der Waals surface area contributed by atoms with Crippen LogP contribution in [0.1, 0.15) is 40.5 Å². The second-order valence-corrected chi connectivity index (χ2v) is 5.79. The predicted octanol–water partition coefficient (Wildman–Crippen LogP) is 1.17. The fraction of sp³-hybridized carbons (Fsp3) is 0.857. The van der Waals surface area contributed by atoms with Crippen LogP contribution >= 0.6 is 0 Å². The number of methoxy groups -OCH3 is 1. The van der Waals surface area contributed by atoms with Gasteiger partial charge in [-0.2, -0.15) is 0 Å². The number of amides is 2. The molecular formula is C14H26N2O3. The highest BCUT2D eigenvalue weighted by molar-refractivity contribution is 5.99. The maximum Gasteiger partial charge on any atom is 0.248 e. The lowest BCUT2D eigenvalue weighted by Gasteiger charge is -2.44. The van der Waals surface area contributed by atoms with Gasteiger partial charge in [-0.3, -0.25) is 9.59 Å². The quantitative estimate of drug-likeness (QED) is 0.737. The van der Waals surface area contributed by atoms with Gasteiger partial charge < -0.3 is 15.0 Å². The average molecular weight is 270 g/mol. The van der Waals surface area contributed by atoms with E-state index >= 15 is 0 Å². The van der Waals surface area contributed by atoms with Crippen molar-refractivity contribution in [3.8, 4) is 0 Å². The van der Waals surface area contributed by atoms with Gasteiger partial charge in [0, 0.05) is 20.3 Å². The highest BCUT2D eigenvalue weighted by Gasteiger charge is 2.46. The Morgan fingerprint density at radius 3 is 2.58 bits per heavy atom. The minimum Gasteiger partial charge on any atom is -0.385 e. The summed E-state index contributed by atoms with van der Waals surface area (Å²) >= 11 is 0. The van der Waals surface area contributed by atoms with Crippen LogP contribution in [0.15, 0.2) is 0 Å². The Hall–Kier alpha value is -1.10. The number of nitrogens with one attached hydrogen (secondary N) is 1. The lowest BCUT2D eigenvalue weighted by Crippen LogP contribution is -2.69. The van der Waals surface area contributed by atoms with Crippen LogP contribution in [0, 0.1) is 5.92 Å². The second-order valence-electron chi connectivity index (χ2n) is 5.79. The number of nitrogens with zero attached hydrogens (tertiary/aromatic N) is 1. The second kappa shape index (κ2) is 6.37. The average Bonchev–Trinajstić information content (AvgIpc) is 2.34. The summed E-state index contributed by atoms with van der Waals surface area (Å²) in [6.45, 7) is 8.72. The summed E-state index contributed by atoms with van der Waals surface area (Å²) in [5.41, 5.74) is -0.811. The zero-order chi connectivity index (χ0) is 14.6. The highest BCUT2D eigenvalue weighted by atomic mass is 16.5. The number of carbonyl (C=O) groups excluding carboxylic acids is 2. The molecule has 1 N–H and O–H groups in total. The summed E-state index contributed by atoms with van der Waals surface area (Å²) in [5, 5.41) is 2.83. The lowest BCUT2D eigenvalue weighted by atomic mass is 9.89. The van der Waals surface area contributed by atoms with Crippen LogP contribution < -0.4 is 5.32 Å². The molecule has 1 rings (SSSR count). The Balaban J connectivity index is 2.91. The molecule has 2 atom stereocenters. The van der Waals surface area contributed by atoms with E-state index in [0.717, 1.165) is 12.8 Å². The molecule has 5 heteroatoms. The van der Waals surface area contributed by atoms with Gasteiger partial charge >= 0.3 is 0 Å². The molecule has 0 aromatic carbocycles. The van der Waals surface area contributed by atoms with Gasteiger partial charge in [0.2, 0.25) is 11.8 Å². The topological polar surface area (TPSA) is 58.6 Å². The van der Waals surface area contributed by atoms with Crippen LogP contribution in [0.5, 0.6) is 0 Å². The molecule has 0 aromatic rings. The minimum atomic E-state index is -0.811. The molecule has 1 aliphatic rings. The highest BCUT2D eigenvalue weighted by Crippen LogP contribution is 2.24. The number of hydrogen-bond donors (Lipinski definition) is 1. The van der Waals surface area contributed by atoms with E-state index in [1.165, 1.54) is 0 Å². The number of rotatable bonds is 6. The molecule has 110 valence electrons. The van der Waals surface area contributed by atoms with Gasteiger partial charge in [0.05, 0.1) is 0 Å². The van der Waals surface area contributed by atoms with E-state index in [1.54, 1.807) is 25.9 Å². The Kier molecular flexibility index (Phi) is 5.35. The van der Waals surface area contributed by atoms with E-state index in [1.807, 2.05) is 13.8 Å². The molecule has 2 unspecified atom stereocenters. The summed E-state index contributed by atoms with van der Waals surface area (Å²) in [7, 11) is 1.64. The lowest BCUT2D eigenvalue weighted by molar-refractivity contribution is -0.155. The normalized spacial score (nSPS) is 24.3. The molecule has 0 aliphatic carbocycles. The van der Waals surface area contributed by atoms with E-state index in [-0.39, 0.29) is 23.8 Å². The van der Waals surface area contributed by atoms with Crippen LogP contribution in [-0.2, 0) is 14.3 Å². The smallest absolute Gasteiger partial charge is 0.248 e. The summed E-state index contributed by atoms with van der Waals surface area (Å²) in [5.74, 6) is 0.104. The van der Waals surface area contributed by atoms with Gasteiger partial charge in [-0.05, 0) is 26.2 Å². The van der Waals surface area contributed by atoms with E-state index in [0.29, 0.717) is 13.2 Å². The zero-order valence-corrected chi connectivity index (χ0v) is 12.7. The zero-order valence-electron chi connectivity index (χ0n) is 12.7. The maximum absolute atomic E-state index is 12.5. The standard InChI is InChI=1S/C14H26N2O3/c1-6-10(2)11-12(17)15-14(3,4)13(18)16(11)8-7-9-19-5/h10-11H,6-9H2,1-5H3,(H,15,17). The van der Waals surface area contributed by atoms with Crippen molar-refractivity contribution in [2.24, 2.45) is 5.92 Å². The molecule has 1 fully saturated rings. The molecular weight excluding hydrogens is 244 g/mol. The Morgan fingerprint density at radius 1 is 1.42 bits per heavy atom. The molecule has 19 heavy (non-hydrogen) atoms. The molecule has 0 bridgehead atoms. The molecule has 0 radical (unpaired) electrons. The third-order valence-corrected chi connectivity index (χ3v) is 3.77. The van der Waals surface area contributed by atoms with E-state index in [2.05, 4.69) is 5.32 Å². The van der Waals surface area contributed by atoms with Crippen molar-refractivity contribution in [2.75, 3.05) is 20.3 Å². The van der Waals surface area contributed by atoms with Crippen molar-refractivity contribution >= 4 is 11.8 Å². The molecule has 0 saturated carbocycles. The summed E-state index contributed by atoms with van der Waals surface area (Å²) < 4.78 is 5.03. The van der Waals surface area contributed by atoms with Crippen molar-refractivity contribution in [2.45, 2.75) is 52.1 Å².